The van der Waals surface area contributed by atoms with Crippen molar-refractivity contribution >= 4 is 35.3 Å². The Morgan fingerprint density at radius 2 is 2.05 bits per heavy atom. The molecule has 2 aliphatic rings. The van der Waals surface area contributed by atoms with E-state index >= 15 is 0 Å². The normalized spacial score (nSPS) is 20.9. The van der Waals surface area contributed by atoms with Crippen LogP contribution in [0.2, 0.25) is 5.02 Å². The van der Waals surface area contributed by atoms with Crippen LogP contribution in [-0.4, -0.2) is 39.7 Å². The molecule has 7 nitrogen and oxygen atoms in total. The summed E-state index contributed by atoms with van der Waals surface area (Å²) in [4.78, 5) is 47.9. The molecule has 1 fully saturated rings. The zero-order valence-electron chi connectivity index (χ0n) is 11.3. The molecule has 0 aromatic heterocycles. The number of nitrogens with zero attached hydrogens (tertiary/aromatic N) is 1. The number of halogens is 1. The summed E-state index contributed by atoms with van der Waals surface area (Å²) in [6.45, 7) is 0.0559. The van der Waals surface area contributed by atoms with Crippen LogP contribution in [0.15, 0.2) is 12.1 Å². The Balaban J connectivity index is 1.94. The van der Waals surface area contributed by atoms with E-state index in [1.807, 2.05) is 0 Å². The third-order valence-corrected chi connectivity index (χ3v) is 4.31. The van der Waals surface area contributed by atoms with Crippen LogP contribution in [0, 0.1) is 0 Å². The SMILES string of the molecule is O=C1CCC(N2Cc3c(ccc(C(=O)O)c3Cl)C2=O)C(=O)N1. The first-order chi connectivity index (χ1) is 10.4. The van der Waals surface area contributed by atoms with Crippen LogP contribution in [-0.2, 0) is 16.1 Å². The summed E-state index contributed by atoms with van der Waals surface area (Å²) in [7, 11) is 0. The van der Waals surface area contributed by atoms with Crippen LogP contribution >= 0.6 is 11.6 Å². The van der Waals surface area contributed by atoms with Crippen molar-refractivity contribution in [2.45, 2.75) is 25.4 Å². The first kappa shape index (κ1) is 14.5. The molecule has 8 heteroatoms. The van der Waals surface area contributed by atoms with Gasteiger partial charge in [0.1, 0.15) is 6.04 Å². The summed E-state index contributed by atoms with van der Waals surface area (Å²) < 4.78 is 0. The highest BCUT2D eigenvalue weighted by Crippen LogP contribution is 2.34. The van der Waals surface area contributed by atoms with E-state index in [9.17, 15) is 19.2 Å². The fourth-order valence-corrected chi connectivity index (χ4v) is 3.07. The van der Waals surface area contributed by atoms with Crippen molar-refractivity contribution in [1.29, 1.82) is 0 Å². The summed E-state index contributed by atoms with van der Waals surface area (Å²) in [5.41, 5.74) is 0.606. The maximum atomic E-state index is 12.4. The van der Waals surface area contributed by atoms with Crippen LogP contribution in [0.5, 0.6) is 0 Å². The van der Waals surface area contributed by atoms with Crippen molar-refractivity contribution in [3.63, 3.8) is 0 Å². The number of carboxylic acids is 1. The Labute approximate surface area is 129 Å². The first-order valence-corrected chi connectivity index (χ1v) is 6.97. The molecule has 2 heterocycles. The Morgan fingerprint density at radius 3 is 2.68 bits per heavy atom. The van der Waals surface area contributed by atoms with Crippen molar-refractivity contribution in [3.8, 4) is 0 Å². The average Bonchev–Trinajstić information content (AvgIpc) is 2.77. The van der Waals surface area contributed by atoms with E-state index in [1.54, 1.807) is 0 Å². The number of carbonyl (C=O) groups is 4. The van der Waals surface area contributed by atoms with E-state index < -0.39 is 17.9 Å². The number of nitrogens with one attached hydrogen (secondary N) is 1. The number of carboxylic acid groups (broad SMARTS) is 1. The van der Waals surface area contributed by atoms with Crippen molar-refractivity contribution in [2.75, 3.05) is 0 Å². The molecule has 0 radical (unpaired) electrons. The summed E-state index contributed by atoms with van der Waals surface area (Å²) in [5.74, 6) is -2.45. The zero-order valence-corrected chi connectivity index (χ0v) is 12.0. The number of rotatable bonds is 2. The molecule has 0 spiro atoms. The summed E-state index contributed by atoms with van der Waals surface area (Å²) in [5, 5.41) is 11.3. The maximum absolute atomic E-state index is 12.4. The Morgan fingerprint density at radius 1 is 1.32 bits per heavy atom. The molecule has 114 valence electrons. The molecule has 22 heavy (non-hydrogen) atoms. The minimum Gasteiger partial charge on any atom is -0.478 e. The number of amides is 3. The number of piperidine rings is 1. The molecular weight excluding hydrogens is 312 g/mol. The lowest BCUT2D eigenvalue weighted by molar-refractivity contribution is -0.136. The lowest BCUT2D eigenvalue weighted by atomic mass is 10.0. The van der Waals surface area contributed by atoms with E-state index in [-0.39, 0.29) is 41.8 Å². The fourth-order valence-electron chi connectivity index (χ4n) is 2.77. The standard InChI is InChI=1S/C14H11ClN2O5/c15-11-7(14(21)22)2-1-6-8(11)5-17(13(6)20)9-3-4-10(18)16-12(9)19/h1-2,9H,3-5H2,(H,21,22)(H,16,18,19). The average molecular weight is 323 g/mol. The lowest BCUT2D eigenvalue weighted by Crippen LogP contribution is -2.52. The highest BCUT2D eigenvalue weighted by Gasteiger charge is 2.40. The number of hydrogen-bond donors (Lipinski definition) is 2. The summed E-state index contributed by atoms with van der Waals surface area (Å²) in [6.07, 6.45) is 0.401. The molecule has 3 amide bonds. The molecule has 1 atom stereocenters. The monoisotopic (exact) mass is 322 g/mol. The summed E-state index contributed by atoms with van der Waals surface area (Å²) in [6, 6.07) is 1.93. The molecule has 2 aliphatic heterocycles. The molecule has 0 saturated carbocycles. The summed E-state index contributed by atoms with van der Waals surface area (Å²) >= 11 is 6.06. The van der Waals surface area contributed by atoms with Gasteiger partial charge in [0.25, 0.3) is 5.91 Å². The molecule has 3 rings (SSSR count). The number of aromatic carboxylic acids is 1. The van der Waals surface area contributed by atoms with Gasteiger partial charge in [-0.2, -0.15) is 0 Å². The van der Waals surface area contributed by atoms with Crippen molar-refractivity contribution in [3.05, 3.63) is 33.8 Å². The Bertz CT molecular complexity index is 730. The van der Waals surface area contributed by atoms with Crippen LogP contribution in [0.4, 0.5) is 0 Å². The Hall–Kier alpha value is -2.41. The minimum atomic E-state index is -1.18. The topological polar surface area (TPSA) is 104 Å². The van der Waals surface area contributed by atoms with Gasteiger partial charge in [0.2, 0.25) is 11.8 Å². The number of benzene rings is 1. The molecule has 1 unspecified atom stereocenters. The molecule has 1 saturated heterocycles. The van der Waals surface area contributed by atoms with Gasteiger partial charge in [0, 0.05) is 24.1 Å². The van der Waals surface area contributed by atoms with Crippen LogP contribution in [0.25, 0.3) is 0 Å². The zero-order chi connectivity index (χ0) is 16.0. The van der Waals surface area contributed by atoms with Gasteiger partial charge in [-0.05, 0) is 18.6 Å². The highest BCUT2D eigenvalue weighted by molar-refractivity contribution is 6.35. The third-order valence-electron chi connectivity index (χ3n) is 3.88. The van der Waals surface area contributed by atoms with Crippen LogP contribution in [0.1, 0.15) is 39.1 Å². The van der Waals surface area contributed by atoms with Gasteiger partial charge in [-0.25, -0.2) is 4.79 Å². The molecule has 0 aliphatic carbocycles. The van der Waals surface area contributed by atoms with Crippen LogP contribution in [0.3, 0.4) is 0 Å². The van der Waals surface area contributed by atoms with Gasteiger partial charge in [-0.3, -0.25) is 19.7 Å². The number of fused-ring (bicyclic) bond motifs is 1. The van der Waals surface area contributed by atoms with E-state index in [4.69, 9.17) is 16.7 Å². The predicted molar refractivity (Wildman–Crippen MR) is 74.5 cm³/mol. The largest absolute Gasteiger partial charge is 0.478 e. The molecule has 1 aromatic carbocycles. The quantitative estimate of drug-likeness (QED) is 0.784. The molecule has 2 N–H and O–H groups in total. The highest BCUT2D eigenvalue weighted by atomic mass is 35.5. The van der Waals surface area contributed by atoms with Gasteiger partial charge in [-0.15, -0.1) is 0 Å². The van der Waals surface area contributed by atoms with Crippen molar-refractivity contribution < 1.29 is 24.3 Å². The van der Waals surface area contributed by atoms with E-state index in [0.717, 1.165) is 0 Å². The number of carbonyl (C=O) groups excluding carboxylic acids is 3. The first-order valence-electron chi connectivity index (χ1n) is 6.59. The van der Waals surface area contributed by atoms with Crippen LogP contribution < -0.4 is 5.32 Å². The number of hydrogen-bond acceptors (Lipinski definition) is 4. The molecule has 0 bridgehead atoms. The van der Waals surface area contributed by atoms with Gasteiger partial charge in [-0.1, -0.05) is 11.6 Å². The second kappa shape index (κ2) is 5.10. The Kier molecular flexibility index (Phi) is 3.37. The van der Waals surface area contributed by atoms with Gasteiger partial charge < -0.3 is 10.0 Å². The smallest absolute Gasteiger partial charge is 0.337 e. The van der Waals surface area contributed by atoms with E-state index in [0.29, 0.717) is 11.1 Å². The second-order valence-corrected chi connectivity index (χ2v) is 5.54. The van der Waals surface area contributed by atoms with E-state index in [1.165, 1.54) is 17.0 Å². The van der Waals surface area contributed by atoms with Crippen molar-refractivity contribution in [1.82, 2.24) is 10.2 Å². The van der Waals surface area contributed by atoms with Gasteiger partial charge in [0.15, 0.2) is 0 Å². The lowest BCUT2D eigenvalue weighted by Gasteiger charge is -2.29. The van der Waals surface area contributed by atoms with Crippen molar-refractivity contribution in [2.24, 2.45) is 0 Å². The second-order valence-electron chi connectivity index (χ2n) is 5.16. The van der Waals surface area contributed by atoms with E-state index in [2.05, 4.69) is 5.32 Å². The minimum absolute atomic E-state index is 0.00754. The third kappa shape index (κ3) is 2.14. The van der Waals surface area contributed by atoms with Gasteiger partial charge >= 0.3 is 5.97 Å². The fraction of sp³-hybridized carbons (Fsp3) is 0.286. The predicted octanol–water partition coefficient (Wildman–Crippen LogP) is 0.799. The maximum Gasteiger partial charge on any atom is 0.337 e. The number of imide groups is 1. The molecule has 1 aromatic rings. The molecular formula is C14H11ClN2O5. The van der Waals surface area contributed by atoms with Gasteiger partial charge in [0.05, 0.1) is 10.6 Å².